The fourth-order valence-electron chi connectivity index (χ4n) is 2.74. The fourth-order valence-corrected chi connectivity index (χ4v) is 2.74. The number of hydrogen-bond donors (Lipinski definition) is 1. The normalized spacial score (nSPS) is 16.8. The number of nitrogens with two attached hydrogens (primary N) is 1. The van der Waals surface area contributed by atoms with Gasteiger partial charge in [-0.15, -0.1) is 0 Å². The summed E-state index contributed by atoms with van der Waals surface area (Å²) in [6.45, 7) is 3.04. The first kappa shape index (κ1) is 14.8. The Morgan fingerprint density at radius 3 is 2.77 bits per heavy atom. The highest BCUT2D eigenvalue weighted by Crippen LogP contribution is 2.26. The van der Waals surface area contributed by atoms with E-state index in [0.717, 1.165) is 36.3 Å². The highest BCUT2D eigenvalue weighted by atomic mass is 16.5. The molecule has 1 saturated heterocycles. The van der Waals surface area contributed by atoms with E-state index in [9.17, 15) is 0 Å². The van der Waals surface area contributed by atoms with Gasteiger partial charge in [0.15, 0.2) is 0 Å². The molecule has 1 aliphatic rings. The van der Waals surface area contributed by atoms with Crippen molar-refractivity contribution in [2.45, 2.75) is 12.8 Å². The van der Waals surface area contributed by atoms with Crippen LogP contribution in [0, 0.1) is 5.92 Å². The number of piperidine rings is 1. The van der Waals surface area contributed by atoms with Crippen LogP contribution < -0.4 is 15.2 Å². The number of fused-ring (bicyclic) bond motifs is 1. The minimum Gasteiger partial charge on any atom is -0.493 e. The number of nitrogens with zero attached hydrogens (tertiary/aromatic N) is 3. The standard InChI is InChI=1S/C16H22N4O2/c1-20-7-5-11(6-8-20)10-22-12-3-4-13-14(9-12)18-16(21-2)19-15(13)17/h3-4,9,11H,5-8,10H2,1-2H3,(H2,17,18,19). The molecule has 0 amide bonds. The van der Waals surface area contributed by atoms with Gasteiger partial charge in [-0.1, -0.05) is 0 Å². The third-order valence-corrected chi connectivity index (χ3v) is 4.18. The second kappa shape index (κ2) is 6.36. The average Bonchev–Trinajstić information content (AvgIpc) is 2.54. The quantitative estimate of drug-likeness (QED) is 0.930. The van der Waals surface area contributed by atoms with Gasteiger partial charge in [0.2, 0.25) is 0 Å². The number of methoxy groups -OCH3 is 1. The molecular weight excluding hydrogens is 280 g/mol. The van der Waals surface area contributed by atoms with Gasteiger partial charge in [-0.2, -0.15) is 9.97 Å². The zero-order chi connectivity index (χ0) is 15.5. The molecule has 2 heterocycles. The number of hydrogen-bond acceptors (Lipinski definition) is 6. The maximum absolute atomic E-state index is 5.94. The molecule has 0 aliphatic carbocycles. The van der Waals surface area contributed by atoms with Gasteiger partial charge in [0.05, 0.1) is 19.2 Å². The number of aromatic nitrogens is 2. The lowest BCUT2D eigenvalue weighted by molar-refractivity contribution is 0.160. The van der Waals surface area contributed by atoms with Crippen molar-refractivity contribution in [1.82, 2.24) is 14.9 Å². The second-order valence-corrected chi connectivity index (χ2v) is 5.83. The van der Waals surface area contributed by atoms with Crippen LogP contribution in [0.1, 0.15) is 12.8 Å². The molecule has 22 heavy (non-hydrogen) atoms. The zero-order valence-electron chi connectivity index (χ0n) is 13.1. The number of rotatable bonds is 4. The van der Waals surface area contributed by atoms with Crippen molar-refractivity contribution in [2.24, 2.45) is 5.92 Å². The zero-order valence-corrected chi connectivity index (χ0v) is 13.1. The lowest BCUT2D eigenvalue weighted by atomic mass is 9.98. The van der Waals surface area contributed by atoms with Crippen LogP contribution in [-0.2, 0) is 0 Å². The molecule has 0 saturated carbocycles. The number of benzene rings is 1. The molecule has 0 unspecified atom stereocenters. The highest BCUT2D eigenvalue weighted by molar-refractivity contribution is 5.89. The van der Waals surface area contributed by atoms with E-state index in [1.54, 1.807) is 0 Å². The van der Waals surface area contributed by atoms with Crippen molar-refractivity contribution < 1.29 is 9.47 Å². The predicted molar refractivity (Wildman–Crippen MR) is 86.2 cm³/mol. The lowest BCUT2D eigenvalue weighted by Gasteiger charge is -2.28. The van der Waals surface area contributed by atoms with E-state index in [1.165, 1.54) is 20.0 Å². The molecule has 1 aromatic carbocycles. The van der Waals surface area contributed by atoms with Gasteiger partial charge in [-0.05, 0) is 51.0 Å². The Morgan fingerprint density at radius 1 is 1.27 bits per heavy atom. The maximum atomic E-state index is 5.94. The molecule has 6 heteroatoms. The van der Waals surface area contributed by atoms with Crippen LogP contribution in [-0.4, -0.2) is 48.7 Å². The van der Waals surface area contributed by atoms with E-state index < -0.39 is 0 Å². The first-order valence-corrected chi connectivity index (χ1v) is 7.58. The summed E-state index contributed by atoms with van der Waals surface area (Å²) in [5, 5.41) is 0.812. The van der Waals surface area contributed by atoms with Crippen molar-refractivity contribution in [3.63, 3.8) is 0 Å². The summed E-state index contributed by atoms with van der Waals surface area (Å²) in [7, 11) is 3.69. The van der Waals surface area contributed by atoms with Gasteiger partial charge >= 0.3 is 6.01 Å². The molecule has 0 atom stereocenters. The summed E-state index contributed by atoms with van der Waals surface area (Å²) in [6.07, 6.45) is 2.38. The molecule has 1 fully saturated rings. The summed E-state index contributed by atoms with van der Waals surface area (Å²) in [6, 6.07) is 5.99. The summed E-state index contributed by atoms with van der Waals surface area (Å²) in [4.78, 5) is 10.8. The Labute approximate surface area is 130 Å². The molecule has 0 bridgehead atoms. The number of nitrogen functional groups attached to an aromatic ring is 1. The summed E-state index contributed by atoms with van der Waals surface area (Å²) < 4.78 is 11.0. The van der Waals surface area contributed by atoms with Crippen LogP contribution in [0.5, 0.6) is 11.8 Å². The van der Waals surface area contributed by atoms with Gasteiger partial charge in [0.25, 0.3) is 0 Å². The average molecular weight is 302 g/mol. The molecule has 1 aromatic heterocycles. The number of ether oxygens (including phenoxy) is 2. The van der Waals surface area contributed by atoms with Crippen molar-refractivity contribution >= 4 is 16.7 Å². The van der Waals surface area contributed by atoms with Gasteiger partial charge in [-0.25, -0.2) is 0 Å². The molecule has 0 spiro atoms. The third-order valence-electron chi connectivity index (χ3n) is 4.18. The minimum absolute atomic E-state index is 0.275. The first-order valence-electron chi connectivity index (χ1n) is 7.58. The van der Waals surface area contributed by atoms with Crippen molar-refractivity contribution in [3.8, 4) is 11.8 Å². The first-order chi connectivity index (χ1) is 10.7. The van der Waals surface area contributed by atoms with E-state index in [2.05, 4.69) is 21.9 Å². The van der Waals surface area contributed by atoms with Gasteiger partial charge in [0.1, 0.15) is 11.6 Å². The Bertz CT molecular complexity index is 654. The Kier molecular flexibility index (Phi) is 4.29. The summed E-state index contributed by atoms with van der Waals surface area (Å²) >= 11 is 0. The van der Waals surface area contributed by atoms with E-state index in [4.69, 9.17) is 15.2 Å². The van der Waals surface area contributed by atoms with Crippen LogP contribution in [0.3, 0.4) is 0 Å². The highest BCUT2D eigenvalue weighted by Gasteiger charge is 2.17. The van der Waals surface area contributed by atoms with E-state index in [0.29, 0.717) is 11.7 Å². The SMILES string of the molecule is COc1nc(N)c2ccc(OCC3CCN(C)CC3)cc2n1. The van der Waals surface area contributed by atoms with E-state index in [1.807, 2.05) is 18.2 Å². The number of anilines is 1. The summed E-state index contributed by atoms with van der Waals surface area (Å²) in [5.74, 6) is 1.85. The Morgan fingerprint density at radius 2 is 2.05 bits per heavy atom. The van der Waals surface area contributed by atoms with Crippen molar-refractivity contribution in [2.75, 3.05) is 39.6 Å². The topological polar surface area (TPSA) is 73.5 Å². The Balaban J connectivity index is 1.71. The Hall–Kier alpha value is -2.08. The summed E-state index contributed by atoms with van der Waals surface area (Å²) in [5.41, 5.74) is 6.65. The third kappa shape index (κ3) is 3.22. The van der Waals surface area contributed by atoms with Gasteiger partial charge < -0.3 is 20.1 Å². The molecule has 1 aliphatic heterocycles. The van der Waals surface area contributed by atoms with Crippen molar-refractivity contribution in [3.05, 3.63) is 18.2 Å². The molecule has 2 aromatic rings. The number of likely N-dealkylation sites (tertiary alicyclic amines) is 1. The van der Waals surface area contributed by atoms with Crippen molar-refractivity contribution in [1.29, 1.82) is 0 Å². The minimum atomic E-state index is 0.275. The lowest BCUT2D eigenvalue weighted by Crippen LogP contribution is -2.32. The molecular formula is C16H22N4O2. The van der Waals surface area contributed by atoms with Crippen LogP contribution in [0.15, 0.2) is 18.2 Å². The van der Waals surface area contributed by atoms with E-state index >= 15 is 0 Å². The smallest absolute Gasteiger partial charge is 0.318 e. The van der Waals surface area contributed by atoms with Crippen LogP contribution >= 0.6 is 0 Å². The van der Waals surface area contributed by atoms with Crippen LogP contribution in [0.2, 0.25) is 0 Å². The van der Waals surface area contributed by atoms with Crippen LogP contribution in [0.4, 0.5) is 5.82 Å². The molecule has 118 valence electrons. The molecule has 0 radical (unpaired) electrons. The molecule has 2 N–H and O–H groups in total. The predicted octanol–water partition coefficient (Wildman–Crippen LogP) is 1.94. The van der Waals surface area contributed by atoms with Gasteiger partial charge in [0, 0.05) is 11.5 Å². The molecule has 6 nitrogen and oxygen atoms in total. The second-order valence-electron chi connectivity index (χ2n) is 5.83. The van der Waals surface area contributed by atoms with E-state index in [-0.39, 0.29) is 6.01 Å². The molecule has 3 rings (SSSR count). The maximum Gasteiger partial charge on any atom is 0.318 e. The fraction of sp³-hybridized carbons (Fsp3) is 0.500. The largest absolute Gasteiger partial charge is 0.493 e. The monoisotopic (exact) mass is 302 g/mol. The van der Waals surface area contributed by atoms with Crippen LogP contribution in [0.25, 0.3) is 10.9 Å². The van der Waals surface area contributed by atoms with Gasteiger partial charge in [-0.3, -0.25) is 0 Å².